The van der Waals surface area contributed by atoms with E-state index >= 15 is 0 Å². The lowest BCUT2D eigenvalue weighted by atomic mass is 9.82. The van der Waals surface area contributed by atoms with Gasteiger partial charge in [-0.15, -0.1) is 0 Å². The van der Waals surface area contributed by atoms with E-state index in [2.05, 4.69) is 17.0 Å². The lowest BCUT2D eigenvalue weighted by Crippen LogP contribution is -2.52. The molecule has 1 saturated carbocycles. The summed E-state index contributed by atoms with van der Waals surface area (Å²) in [4.78, 5) is 28.7. The number of para-hydroxylation sites is 1. The normalized spacial score (nSPS) is 31.5. The van der Waals surface area contributed by atoms with Gasteiger partial charge in [-0.1, -0.05) is 30.4 Å². The lowest BCUT2D eigenvalue weighted by molar-refractivity contribution is -0.151. The van der Waals surface area contributed by atoms with Crippen molar-refractivity contribution < 1.29 is 14.7 Å². The highest BCUT2D eigenvalue weighted by atomic mass is 16.4. The van der Waals surface area contributed by atoms with Crippen molar-refractivity contribution in [2.45, 2.75) is 6.42 Å². The van der Waals surface area contributed by atoms with E-state index in [9.17, 15) is 14.7 Å². The number of allylic oxidation sites excluding steroid dienone is 2. The number of carboxylic acid groups (broad SMARTS) is 1. The molecule has 0 radical (unpaired) electrons. The van der Waals surface area contributed by atoms with Gasteiger partial charge in [0.05, 0.1) is 11.8 Å². The number of rotatable bonds is 3. The molecule has 4 atom stereocenters. The van der Waals surface area contributed by atoms with E-state index in [0.29, 0.717) is 13.1 Å². The van der Waals surface area contributed by atoms with Crippen LogP contribution in [0.2, 0.25) is 0 Å². The van der Waals surface area contributed by atoms with E-state index in [1.807, 2.05) is 35.3 Å². The number of hydrogen-bond donors (Lipinski definition) is 1. The van der Waals surface area contributed by atoms with Crippen LogP contribution in [0, 0.1) is 23.7 Å². The molecule has 1 aromatic carbocycles. The molecule has 2 fully saturated rings. The Hall–Kier alpha value is -2.30. The number of benzene rings is 1. The first-order valence-corrected chi connectivity index (χ1v) is 8.65. The minimum absolute atomic E-state index is 0.0342. The number of amides is 1. The summed E-state index contributed by atoms with van der Waals surface area (Å²) >= 11 is 0. The van der Waals surface area contributed by atoms with E-state index in [1.165, 1.54) is 5.69 Å². The number of carbonyl (C=O) groups excluding carboxylic acids is 1. The van der Waals surface area contributed by atoms with Gasteiger partial charge in [-0.2, -0.15) is 0 Å². The molecule has 126 valence electrons. The minimum Gasteiger partial charge on any atom is -0.481 e. The van der Waals surface area contributed by atoms with Crippen LogP contribution in [0.5, 0.6) is 0 Å². The topological polar surface area (TPSA) is 60.9 Å². The molecule has 0 spiro atoms. The first-order chi connectivity index (χ1) is 11.6. The fraction of sp³-hybridized carbons (Fsp3) is 0.474. The van der Waals surface area contributed by atoms with Gasteiger partial charge in [-0.25, -0.2) is 0 Å². The molecule has 5 heteroatoms. The molecule has 1 aliphatic heterocycles. The Bertz CT molecular complexity index is 664. The van der Waals surface area contributed by atoms with Crippen LogP contribution in [-0.4, -0.2) is 48.1 Å². The number of aliphatic carboxylic acids is 1. The second-order valence-electron chi connectivity index (χ2n) is 6.99. The van der Waals surface area contributed by atoms with E-state index < -0.39 is 11.9 Å². The second-order valence-corrected chi connectivity index (χ2v) is 6.99. The zero-order valence-corrected chi connectivity index (χ0v) is 13.5. The highest BCUT2D eigenvalue weighted by molar-refractivity contribution is 5.87. The minimum atomic E-state index is -0.826. The van der Waals surface area contributed by atoms with E-state index in [0.717, 1.165) is 19.5 Å². The fourth-order valence-electron chi connectivity index (χ4n) is 4.53. The summed E-state index contributed by atoms with van der Waals surface area (Å²) < 4.78 is 0. The highest BCUT2D eigenvalue weighted by Crippen LogP contribution is 2.48. The maximum absolute atomic E-state index is 13.0. The largest absolute Gasteiger partial charge is 0.481 e. The standard InChI is InChI=1S/C19H22N2O3/c22-18(16-13-6-7-14(12-13)17(16)19(23)24)21-10-8-20(9-11-21)15-4-2-1-3-5-15/h1-7,13-14,16-17H,8-12H2,(H,23,24)/t13-,14+,16+,17-/m0/s1. The maximum Gasteiger partial charge on any atom is 0.307 e. The summed E-state index contributed by atoms with van der Waals surface area (Å²) in [6.45, 7) is 2.92. The Morgan fingerprint density at radius 1 is 0.917 bits per heavy atom. The van der Waals surface area contributed by atoms with Crippen molar-refractivity contribution in [3.05, 3.63) is 42.5 Å². The number of anilines is 1. The molecule has 2 aliphatic carbocycles. The molecule has 1 N–H and O–H groups in total. The third-order valence-electron chi connectivity index (χ3n) is 5.74. The van der Waals surface area contributed by atoms with Gasteiger partial charge in [0.2, 0.25) is 5.91 Å². The Morgan fingerprint density at radius 2 is 1.54 bits per heavy atom. The SMILES string of the molecule is O=C(O)[C@@H]1[C@H](C(=O)N2CCN(c3ccccc3)CC2)[C@H]2C=C[C@@H]1C2. The van der Waals surface area contributed by atoms with Crippen molar-refractivity contribution in [1.82, 2.24) is 4.90 Å². The molecule has 24 heavy (non-hydrogen) atoms. The van der Waals surface area contributed by atoms with Crippen LogP contribution in [0.15, 0.2) is 42.5 Å². The van der Waals surface area contributed by atoms with E-state index in [-0.39, 0.29) is 23.7 Å². The Labute approximate surface area is 141 Å². The predicted octanol–water partition coefficient (Wildman–Crippen LogP) is 1.86. The molecule has 1 aromatic rings. The van der Waals surface area contributed by atoms with Crippen molar-refractivity contribution in [3.63, 3.8) is 0 Å². The van der Waals surface area contributed by atoms with Gasteiger partial charge in [0.1, 0.15) is 0 Å². The summed E-state index contributed by atoms with van der Waals surface area (Å²) in [5, 5.41) is 9.53. The monoisotopic (exact) mass is 326 g/mol. The fourth-order valence-corrected chi connectivity index (χ4v) is 4.53. The van der Waals surface area contributed by atoms with Gasteiger partial charge in [-0.05, 0) is 30.4 Å². The van der Waals surface area contributed by atoms with E-state index in [4.69, 9.17) is 0 Å². The Morgan fingerprint density at radius 3 is 2.17 bits per heavy atom. The molecule has 4 rings (SSSR count). The third kappa shape index (κ3) is 2.48. The van der Waals surface area contributed by atoms with Crippen molar-refractivity contribution in [2.75, 3.05) is 31.1 Å². The average molecular weight is 326 g/mol. The van der Waals surface area contributed by atoms with Crippen molar-refractivity contribution >= 4 is 17.6 Å². The van der Waals surface area contributed by atoms with Crippen molar-refractivity contribution in [3.8, 4) is 0 Å². The number of hydrogen-bond acceptors (Lipinski definition) is 3. The Balaban J connectivity index is 1.43. The number of carbonyl (C=O) groups is 2. The molecular weight excluding hydrogens is 304 g/mol. The van der Waals surface area contributed by atoms with Crippen LogP contribution in [0.1, 0.15) is 6.42 Å². The lowest BCUT2D eigenvalue weighted by Gasteiger charge is -2.38. The molecular formula is C19H22N2O3. The number of nitrogens with zero attached hydrogens (tertiary/aromatic N) is 2. The third-order valence-corrected chi connectivity index (χ3v) is 5.74. The van der Waals surface area contributed by atoms with E-state index in [1.54, 1.807) is 0 Å². The zero-order chi connectivity index (χ0) is 16.7. The van der Waals surface area contributed by atoms with Crippen LogP contribution in [-0.2, 0) is 9.59 Å². The average Bonchev–Trinajstić information content (AvgIpc) is 3.23. The first kappa shape index (κ1) is 15.2. The van der Waals surface area contributed by atoms with Crippen LogP contribution in [0.3, 0.4) is 0 Å². The maximum atomic E-state index is 13.0. The van der Waals surface area contributed by atoms with Crippen LogP contribution in [0.4, 0.5) is 5.69 Å². The summed E-state index contributed by atoms with van der Waals surface area (Å²) in [6, 6.07) is 10.2. The van der Waals surface area contributed by atoms with Gasteiger partial charge < -0.3 is 14.9 Å². The number of piperazine rings is 1. The van der Waals surface area contributed by atoms with Gasteiger partial charge in [0, 0.05) is 31.9 Å². The molecule has 5 nitrogen and oxygen atoms in total. The molecule has 3 aliphatic rings. The van der Waals surface area contributed by atoms with Crippen molar-refractivity contribution in [2.24, 2.45) is 23.7 Å². The summed E-state index contributed by atoms with van der Waals surface area (Å²) in [5.41, 5.74) is 1.18. The number of carboxylic acids is 1. The quantitative estimate of drug-likeness (QED) is 0.861. The molecule has 1 amide bonds. The van der Waals surface area contributed by atoms with Crippen LogP contribution < -0.4 is 4.90 Å². The smallest absolute Gasteiger partial charge is 0.307 e. The molecule has 0 aromatic heterocycles. The summed E-state index contributed by atoms with van der Waals surface area (Å²) in [5.74, 6) is -1.57. The first-order valence-electron chi connectivity index (χ1n) is 8.65. The van der Waals surface area contributed by atoms with Gasteiger partial charge in [0.25, 0.3) is 0 Å². The van der Waals surface area contributed by atoms with Crippen molar-refractivity contribution in [1.29, 1.82) is 0 Å². The second kappa shape index (κ2) is 5.96. The molecule has 1 saturated heterocycles. The van der Waals surface area contributed by atoms with Gasteiger partial charge >= 0.3 is 5.97 Å². The Kier molecular flexibility index (Phi) is 3.79. The van der Waals surface area contributed by atoms with Gasteiger partial charge in [-0.3, -0.25) is 9.59 Å². The molecule has 0 unspecified atom stereocenters. The van der Waals surface area contributed by atoms with Gasteiger partial charge in [0.15, 0.2) is 0 Å². The van der Waals surface area contributed by atoms with Crippen LogP contribution in [0.25, 0.3) is 0 Å². The summed E-state index contributed by atoms with van der Waals surface area (Å²) in [7, 11) is 0. The zero-order valence-electron chi connectivity index (χ0n) is 13.5. The summed E-state index contributed by atoms with van der Waals surface area (Å²) in [6.07, 6.45) is 4.85. The highest BCUT2D eigenvalue weighted by Gasteiger charge is 2.52. The predicted molar refractivity (Wildman–Crippen MR) is 90.6 cm³/mol. The van der Waals surface area contributed by atoms with Crippen LogP contribution >= 0.6 is 0 Å². The molecule has 1 heterocycles. The molecule has 2 bridgehead atoms. The number of fused-ring (bicyclic) bond motifs is 2.